The quantitative estimate of drug-likeness (QED) is 0.112. The maximum absolute atomic E-state index is 10.5. The van der Waals surface area contributed by atoms with E-state index in [1.54, 1.807) is 0 Å². The highest BCUT2D eigenvalue weighted by atomic mass is 16.4. The highest BCUT2D eigenvalue weighted by Crippen LogP contribution is 2.27. The number of aliphatic carboxylic acids is 2. The second-order valence-electron chi connectivity index (χ2n) is 10.7. The van der Waals surface area contributed by atoms with Gasteiger partial charge in [-0.1, -0.05) is 63.8 Å². The van der Waals surface area contributed by atoms with Crippen molar-refractivity contribution in [3.05, 3.63) is 57.6 Å². The third-order valence-corrected chi connectivity index (χ3v) is 6.80. The number of carbonyl (C=O) groups is 2. The van der Waals surface area contributed by atoms with Crippen molar-refractivity contribution in [2.75, 3.05) is 13.2 Å². The molecule has 0 amide bonds. The smallest absolute Gasteiger partial charge is 0.303 e. The number of unbranched alkanes of at least 4 members (excludes halogenated alkanes) is 5. The van der Waals surface area contributed by atoms with Gasteiger partial charge in [-0.3, -0.25) is 9.59 Å². The molecule has 8 nitrogen and oxygen atoms in total. The van der Waals surface area contributed by atoms with E-state index in [1.165, 1.54) is 0 Å². The summed E-state index contributed by atoms with van der Waals surface area (Å²) in [5, 5.41) is 53.7. The van der Waals surface area contributed by atoms with Crippen LogP contribution in [0.2, 0.25) is 0 Å². The second kappa shape index (κ2) is 23.5. The summed E-state index contributed by atoms with van der Waals surface area (Å²) in [6.45, 7) is 8.50. The van der Waals surface area contributed by atoms with Gasteiger partial charge in [-0.2, -0.15) is 0 Å². The van der Waals surface area contributed by atoms with Gasteiger partial charge in [0.1, 0.15) is 11.5 Å². The van der Waals surface area contributed by atoms with Crippen LogP contribution in [0.25, 0.3) is 0 Å². The monoisotopic (exact) mass is 590 g/mol. The van der Waals surface area contributed by atoms with Crippen molar-refractivity contribution < 1.29 is 40.2 Å². The molecule has 0 aliphatic rings. The lowest BCUT2D eigenvalue weighted by Gasteiger charge is -2.10. The number of carboxylic acids is 2. The maximum Gasteiger partial charge on any atom is 0.303 e. The lowest BCUT2D eigenvalue weighted by Crippen LogP contribution is -1.99. The Labute approximate surface area is 252 Å². The van der Waals surface area contributed by atoms with Gasteiger partial charge in [-0.25, -0.2) is 0 Å². The summed E-state index contributed by atoms with van der Waals surface area (Å²) in [6.07, 6.45) is 11.1. The fourth-order valence-corrected chi connectivity index (χ4v) is 4.35. The van der Waals surface area contributed by atoms with Crippen LogP contribution in [0.1, 0.15) is 111 Å². The summed E-state index contributed by atoms with van der Waals surface area (Å²) in [4.78, 5) is 21.1. The molecule has 0 bridgehead atoms. The van der Waals surface area contributed by atoms with Gasteiger partial charge < -0.3 is 30.6 Å². The van der Waals surface area contributed by atoms with Crippen molar-refractivity contribution in [1.29, 1.82) is 0 Å². The number of hydrogen-bond acceptors (Lipinski definition) is 6. The summed E-state index contributed by atoms with van der Waals surface area (Å²) in [5.74, 6) is -0.855. The Kier molecular flexibility index (Phi) is 21.7. The fraction of sp³-hybridized carbons (Fsp3) is 0.588. The maximum atomic E-state index is 10.5. The molecule has 2 aromatic rings. The molecule has 0 fully saturated rings. The lowest BCUT2D eigenvalue weighted by molar-refractivity contribution is -0.138. The van der Waals surface area contributed by atoms with E-state index in [0.29, 0.717) is 24.3 Å². The van der Waals surface area contributed by atoms with E-state index < -0.39 is 11.9 Å². The van der Waals surface area contributed by atoms with Crippen LogP contribution in [0.15, 0.2) is 24.3 Å². The fourth-order valence-electron chi connectivity index (χ4n) is 4.35. The van der Waals surface area contributed by atoms with E-state index in [9.17, 15) is 19.8 Å². The van der Waals surface area contributed by atoms with Crippen LogP contribution in [0.5, 0.6) is 11.5 Å². The van der Waals surface area contributed by atoms with Crippen molar-refractivity contribution in [3.8, 4) is 11.5 Å². The molecule has 0 saturated heterocycles. The van der Waals surface area contributed by atoms with Gasteiger partial charge in [0.15, 0.2) is 0 Å². The molecule has 6 N–H and O–H groups in total. The number of benzene rings is 2. The predicted molar refractivity (Wildman–Crippen MR) is 167 cm³/mol. The highest BCUT2D eigenvalue weighted by molar-refractivity contribution is 5.67. The van der Waals surface area contributed by atoms with Crippen LogP contribution in [0.4, 0.5) is 0 Å². The first-order valence-electron chi connectivity index (χ1n) is 15.3. The van der Waals surface area contributed by atoms with Gasteiger partial charge in [0.25, 0.3) is 0 Å². The van der Waals surface area contributed by atoms with Crippen molar-refractivity contribution in [2.24, 2.45) is 0 Å². The van der Waals surface area contributed by atoms with E-state index in [1.807, 2.05) is 38.1 Å². The van der Waals surface area contributed by atoms with Gasteiger partial charge >= 0.3 is 11.9 Å². The van der Waals surface area contributed by atoms with Crippen LogP contribution >= 0.6 is 0 Å². The molecule has 0 unspecified atom stereocenters. The van der Waals surface area contributed by atoms with Gasteiger partial charge in [-0.05, 0) is 98.6 Å². The Hall–Kier alpha value is -3.10. The molecule has 238 valence electrons. The molecule has 0 aromatic heterocycles. The highest BCUT2D eigenvalue weighted by Gasteiger charge is 2.09. The number of carboxylic acid groups (broad SMARTS) is 2. The van der Waals surface area contributed by atoms with E-state index in [4.69, 9.17) is 20.4 Å². The Morgan fingerprint density at radius 1 is 0.571 bits per heavy atom. The zero-order chi connectivity index (χ0) is 31.9. The number of aromatic hydroxyl groups is 2. The number of rotatable bonds is 17. The molecule has 0 saturated carbocycles. The number of aliphatic hydroxyl groups is 2. The predicted octanol–water partition coefficient (Wildman–Crippen LogP) is 6.65. The van der Waals surface area contributed by atoms with E-state index >= 15 is 0 Å². The van der Waals surface area contributed by atoms with Crippen LogP contribution in [0.3, 0.4) is 0 Å². The zero-order valence-corrected chi connectivity index (χ0v) is 26.1. The second-order valence-corrected chi connectivity index (χ2v) is 10.7. The minimum Gasteiger partial charge on any atom is -0.507 e. The summed E-state index contributed by atoms with van der Waals surface area (Å²) in [6, 6.07) is 7.60. The van der Waals surface area contributed by atoms with Crippen molar-refractivity contribution in [1.82, 2.24) is 0 Å². The molecular formula is C34H54O8. The van der Waals surface area contributed by atoms with Gasteiger partial charge in [0.05, 0.1) is 0 Å². The summed E-state index contributed by atoms with van der Waals surface area (Å²) >= 11 is 0. The normalized spacial score (nSPS) is 10.3. The summed E-state index contributed by atoms with van der Waals surface area (Å²) in [5.41, 5.74) is 5.53. The Morgan fingerprint density at radius 3 is 1.21 bits per heavy atom. The molecule has 2 aromatic carbocycles. The summed E-state index contributed by atoms with van der Waals surface area (Å²) < 4.78 is 0. The largest absolute Gasteiger partial charge is 0.507 e. The molecule has 0 spiro atoms. The van der Waals surface area contributed by atoms with E-state index in [2.05, 4.69) is 13.8 Å². The Balaban J connectivity index is 0.000000642. The number of phenols is 2. The number of aliphatic hydroxyl groups excluding tert-OH is 2. The standard InChI is InChI=1S/2C14H20O3.C6H14O2/c2*1-3-4-5-12-9-11(6-7-13(15)16)8-10(2)14(12)17;7-5-3-1-2-4-6-8/h2*8-9,17H,3-7H2,1-2H3,(H,15,16);7-8H,1-6H2. The first-order chi connectivity index (χ1) is 20.0. The van der Waals surface area contributed by atoms with Crippen molar-refractivity contribution >= 4 is 11.9 Å². The van der Waals surface area contributed by atoms with Gasteiger partial charge in [-0.15, -0.1) is 0 Å². The topological polar surface area (TPSA) is 156 Å². The first-order valence-corrected chi connectivity index (χ1v) is 15.3. The SMILES string of the molecule is CCCCc1cc(CCC(=O)O)cc(C)c1O.CCCCc1cc(CCC(=O)O)cc(C)c1O.OCCCCCCO. The van der Waals surface area contributed by atoms with Crippen LogP contribution < -0.4 is 0 Å². The number of phenolic OH excluding ortho intramolecular Hbond substituents is 2. The number of hydrogen-bond donors (Lipinski definition) is 6. The molecule has 0 heterocycles. The van der Waals surface area contributed by atoms with Crippen LogP contribution in [0, 0.1) is 13.8 Å². The van der Waals surface area contributed by atoms with E-state index in [-0.39, 0.29) is 26.1 Å². The van der Waals surface area contributed by atoms with Crippen molar-refractivity contribution in [3.63, 3.8) is 0 Å². The molecule has 0 atom stereocenters. The average Bonchev–Trinajstić information content (AvgIpc) is 2.95. The van der Waals surface area contributed by atoms with E-state index in [0.717, 1.165) is 97.6 Å². The van der Waals surface area contributed by atoms with Crippen LogP contribution in [-0.4, -0.2) is 55.8 Å². The van der Waals surface area contributed by atoms with Gasteiger partial charge in [0, 0.05) is 26.1 Å². The molecular weight excluding hydrogens is 536 g/mol. The third kappa shape index (κ3) is 17.7. The molecule has 2 rings (SSSR count). The first kappa shape index (κ1) is 38.9. The van der Waals surface area contributed by atoms with Crippen molar-refractivity contribution in [2.45, 2.75) is 118 Å². The minimum atomic E-state index is -0.786. The molecule has 0 radical (unpaired) electrons. The zero-order valence-electron chi connectivity index (χ0n) is 26.1. The lowest BCUT2D eigenvalue weighted by atomic mass is 9.98. The minimum absolute atomic E-state index is 0.136. The third-order valence-electron chi connectivity index (χ3n) is 6.80. The summed E-state index contributed by atoms with van der Waals surface area (Å²) in [7, 11) is 0. The average molecular weight is 591 g/mol. The molecule has 42 heavy (non-hydrogen) atoms. The molecule has 0 aliphatic heterocycles. The molecule has 0 aliphatic carbocycles. The Bertz CT molecular complexity index is 965. The van der Waals surface area contributed by atoms with Crippen LogP contribution in [-0.2, 0) is 35.3 Å². The number of aryl methyl sites for hydroxylation is 6. The Morgan fingerprint density at radius 2 is 0.929 bits per heavy atom. The molecule has 8 heteroatoms. The van der Waals surface area contributed by atoms with Gasteiger partial charge in [0.2, 0.25) is 0 Å².